The van der Waals surface area contributed by atoms with E-state index in [-0.39, 0.29) is 5.60 Å². The molecule has 1 fully saturated rings. The third-order valence-corrected chi connectivity index (χ3v) is 2.93. The quantitative estimate of drug-likeness (QED) is 0.624. The Labute approximate surface area is 68.9 Å². The van der Waals surface area contributed by atoms with Crippen molar-refractivity contribution < 1.29 is 9.47 Å². The van der Waals surface area contributed by atoms with Crippen LogP contribution in [0.25, 0.3) is 0 Å². The molecule has 66 valence electrons. The van der Waals surface area contributed by atoms with Crippen molar-refractivity contribution in [3.05, 3.63) is 0 Å². The van der Waals surface area contributed by atoms with Crippen molar-refractivity contribution in [2.75, 3.05) is 20.8 Å². The minimum Gasteiger partial charge on any atom is -0.382 e. The van der Waals surface area contributed by atoms with Crippen molar-refractivity contribution in [2.45, 2.75) is 31.8 Å². The fourth-order valence-corrected chi connectivity index (χ4v) is 2.04. The summed E-state index contributed by atoms with van der Waals surface area (Å²) in [5.41, 5.74) is 0.0226. The third kappa shape index (κ3) is 1.57. The van der Waals surface area contributed by atoms with E-state index in [4.69, 9.17) is 9.47 Å². The Balaban J connectivity index is 2.57. The third-order valence-electron chi connectivity index (χ3n) is 2.93. The maximum atomic E-state index is 5.53. The van der Waals surface area contributed by atoms with Gasteiger partial charge in [0.2, 0.25) is 0 Å². The van der Waals surface area contributed by atoms with Gasteiger partial charge in [-0.05, 0) is 18.8 Å². The van der Waals surface area contributed by atoms with Crippen molar-refractivity contribution in [1.82, 2.24) is 0 Å². The van der Waals surface area contributed by atoms with E-state index in [9.17, 15) is 0 Å². The molecule has 0 N–H and O–H groups in total. The van der Waals surface area contributed by atoms with E-state index in [1.54, 1.807) is 14.2 Å². The molecule has 0 amide bonds. The van der Waals surface area contributed by atoms with Crippen LogP contribution in [0.5, 0.6) is 0 Å². The number of ether oxygens (including phenoxy) is 2. The first kappa shape index (κ1) is 9.01. The smallest absolute Gasteiger partial charge is 0.0936 e. The van der Waals surface area contributed by atoms with Crippen LogP contribution in [-0.2, 0) is 9.47 Å². The fraction of sp³-hybridized carbons (Fsp3) is 1.00. The summed E-state index contributed by atoms with van der Waals surface area (Å²) in [4.78, 5) is 0. The Kier molecular flexibility index (Phi) is 2.90. The highest BCUT2D eigenvalue weighted by Gasteiger charge is 2.40. The van der Waals surface area contributed by atoms with Gasteiger partial charge in [-0.25, -0.2) is 0 Å². The first-order valence-corrected chi connectivity index (χ1v) is 4.29. The molecule has 0 heterocycles. The van der Waals surface area contributed by atoms with Gasteiger partial charge < -0.3 is 9.47 Å². The van der Waals surface area contributed by atoms with Gasteiger partial charge in [0.25, 0.3) is 0 Å². The van der Waals surface area contributed by atoms with Crippen molar-refractivity contribution >= 4 is 0 Å². The summed E-state index contributed by atoms with van der Waals surface area (Å²) >= 11 is 0. The van der Waals surface area contributed by atoms with E-state index in [0.29, 0.717) is 5.92 Å². The maximum Gasteiger partial charge on any atom is 0.0936 e. The van der Waals surface area contributed by atoms with E-state index < -0.39 is 0 Å². The SMILES string of the molecule is COC[C@]1(OC)CCCC1C. The highest BCUT2D eigenvalue weighted by Crippen LogP contribution is 2.38. The van der Waals surface area contributed by atoms with Crippen LogP contribution < -0.4 is 0 Å². The van der Waals surface area contributed by atoms with E-state index in [1.165, 1.54) is 12.8 Å². The van der Waals surface area contributed by atoms with E-state index in [0.717, 1.165) is 13.0 Å². The van der Waals surface area contributed by atoms with Gasteiger partial charge >= 0.3 is 0 Å². The van der Waals surface area contributed by atoms with Crippen molar-refractivity contribution in [2.24, 2.45) is 5.92 Å². The Hall–Kier alpha value is -0.0800. The molecular weight excluding hydrogens is 140 g/mol. The predicted molar refractivity (Wildman–Crippen MR) is 44.6 cm³/mol. The second-order valence-electron chi connectivity index (χ2n) is 3.50. The van der Waals surface area contributed by atoms with Crippen LogP contribution in [0.4, 0.5) is 0 Å². The summed E-state index contributed by atoms with van der Waals surface area (Å²) in [5.74, 6) is 0.646. The van der Waals surface area contributed by atoms with Crippen LogP contribution in [0.2, 0.25) is 0 Å². The predicted octanol–water partition coefficient (Wildman–Crippen LogP) is 1.84. The molecule has 2 heteroatoms. The van der Waals surface area contributed by atoms with Crippen LogP contribution in [0.3, 0.4) is 0 Å². The van der Waals surface area contributed by atoms with Crippen molar-refractivity contribution in [1.29, 1.82) is 0 Å². The molecule has 0 aliphatic heterocycles. The molecule has 2 nitrogen and oxygen atoms in total. The zero-order valence-electron chi connectivity index (χ0n) is 7.72. The summed E-state index contributed by atoms with van der Waals surface area (Å²) in [6, 6.07) is 0. The average Bonchev–Trinajstić information content (AvgIpc) is 2.35. The van der Waals surface area contributed by atoms with Gasteiger partial charge in [0.15, 0.2) is 0 Å². The first-order valence-electron chi connectivity index (χ1n) is 4.29. The van der Waals surface area contributed by atoms with E-state index in [2.05, 4.69) is 6.92 Å². The van der Waals surface area contributed by atoms with Crippen molar-refractivity contribution in [3.8, 4) is 0 Å². The second-order valence-corrected chi connectivity index (χ2v) is 3.50. The summed E-state index contributed by atoms with van der Waals surface area (Å²) in [7, 11) is 3.53. The molecule has 1 aliphatic rings. The summed E-state index contributed by atoms with van der Waals surface area (Å²) in [6.45, 7) is 2.99. The molecule has 0 radical (unpaired) electrons. The molecule has 0 spiro atoms. The lowest BCUT2D eigenvalue weighted by molar-refractivity contribution is -0.0843. The number of rotatable bonds is 3. The molecular formula is C9H18O2. The summed E-state index contributed by atoms with van der Waals surface area (Å²) < 4.78 is 10.7. The van der Waals surface area contributed by atoms with Gasteiger partial charge in [-0.3, -0.25) is 0 Å². The van der Waals surface area contributed by atoms with E-state index in [1.807, 2.05) is 0 Å². The summed E-state index contributed by atoms with van der Waals surface area (Å²) in [5, 5.41) is 0. The zero-order valence-corrected chi connectivity index (χ0v) is 7.72. The standard InChI is InChI=1S/C9H18O2/c1-8-5-4-6-9(8,11-3)7-10-2/h8H,4-7H2,1-3H3/t8?,9-/m1/s1. The Morgan fingerprint density at radius 2 is 2.18 bits per heavy atom. The highest BCUT2D eigenvalue weighted by atomic mass is 16.5. The lowest BCUT2D eigenvalue weighted by Gasteiger charge is -2.31. The number of methoxy groups -OCH3 is 2. The Morgan fingerprint density at radius 3 is 2.55 bits per heavy atom. The van der Waals surface area contributed by atoms with Gasteiger partial charge in [0.05, 0.1) is 12.2 Å². The molecule has 0 aromatic rings. The van der Waals surface area contributed by atoms with Crippen LogP contribution >= 0.6 is 0 Å². The van der Waals surface area contributed by atoms with Crippen LogP contribution in [0.15, 0.2) is 0 Å². The van der Waals surface area contributed by atoms with Gasteiger partial charge in [-0.2, -0.15) is 0 Å². The van der Waals surface area contributed by atoms with Crippen molar-refractivity contribution in [3.63, 3.8) is 0 Å². The van der Waals surface area contributed by atoms with Crippen LogP contribution in [0.1, 0.15) is 26.2 Å². The molecule has 1 rings (SSSR count). The normalized spacial score (nSPS) is 37.9. The minimum absolute atomic E-state index is 0.0226. The molecule has 0 bridgehead atoms. The largest absolute Gasteiger partial charge is 0.382 e. The van der Waals surface area contributed by atoms with Crippen LogP contribution in [0, 0.1) is 5.92 Å². The Bertz CT molecular complexity index is 125. The monoisotopic (exact) mass is 158 g/mol. The molecule has 2 atom stereocenters. The van der Waals surface area contributed by atoms with Gasteiger partial charge in [0.1, 0.15) is 0 Å². The molecule has 1 aliphatic carbocycles. The molecule has 1 saturated carbocycles. The highest BCUT2D eigenvalue weighted by molar-refractivity contribution is 4.91. The molecule has 0 saturated heterocycles. The van der Waals surface area contributed by atoms with Gasteiger partial charge in [-0.1, -0.05) is 13.3 Å². The minimum atomic E-state index is 0.0226. The lowest BCUT2D eigenvalue weighted by atomic mass is 9.93. The maximum absolute atomic E-state index is 5.53. The second kappa shape index (κ2) is 3.55. The topological polar surface area (TPSA) is 18.5 Å². The molecule has 1 unspecified atom stereocenters. The average molecular weight is 158 g/mol. The fourth-order valence-electron chi connectivity index (χ4n) is 2.04. The molecule has 0 aromatic carbocycles. The van der Waals surface area contributed by atoms with Gasteiger partial charge in [0, 0.05) is 14.2 Å². The summed E-state index contributed by atoms with van der Waals surface area (Å²) in [6.07, 6.45) is 3.70. The molecule has 11 heavy (non-hydrogen) atoms. The van der Waals surface area contributed by atoms with E-state index >= 15 is 0 Å². The first-order chi connectivity index (χ1) is 5.25. The van der Waals surface area contributed by atoms with Gasteiger partial charge in [-0.15, -0.1) is 0 Å². The zero-order chi connectivity index (χ0) is 8.32. The number of hydrogen-bond acceptors (Lipinski definition) is 2. The van der Waals surface area contributed by atoms with Crippen LogP contribution in [-0.4, -0.2) is 26.4 Å². The lowest BCUT2D eigenvalue weighted by Crippen LogP contribution is -2.38. The Morgan fingerprint density at radius 1 is 1.45 bits per heavy atom. The molecule has 0 aromatic heterocycles. The number of hydrogen-bond donors (Lipinski definition) is 0.